The number of carbonyl (C=O) groups is 1. The lowest BCUT2D eigenvalue weighted by molar-refractivity contribution is -0.130. The van der Waals surface area contributed by atoms with Gasteiger partial charge in [-0.15, -0.1) is 11.8 Å². The van der Waals surface area contributed by atoms with Gasteiger partial charge in [-0.1, -0.05) is 35.4 Å². The van der Waals surface area contributed by atoms with Crippen molar-refractivity contribution in [2.24, 2.45) is 0 Å². The number of sulfonamides is 2. The smallest absolute Gasteiger partial charge is 0.264 e. The molecule has 3 aromatic carbocycles. The number of piperazine rings is 1. The number of hydrogen-bond acceptors (Lipinski definition) is 6. The van der Waals surface area contributed by atoms with Gasteiger partial charge < -0.3 is 4.90 Å². The van der Waals surface area contributed by atoms with Crippen LogP contribution in [0.5, 0.6) is 0 Å². The third-order valence-electron chi connectivity index (χ3n) is 6.50. The molecule has 8 nitrogen and oxygen atoms in total. The SMILES string of the molecule is CSc1ccc(S(=O)(=O)N(CC(=O)N2CCN(S(=O)(=O)c3ccc(C)cc3)CC2)c2ccc(C)cc2)cc1. The summed E-state index contributed by atoms with van der Waals surface area (Å²) < 4.78 is 55.9. The van der Waals surface area contributed by atoms with Crippen LogP contribution in [0.15, 0.2) is 87.5 Å². The Morgan fingerprint density at radius 1 is 0.763 bits per heavy atom. The Hall–Kier alpha value is -2.86. The van der Waals surface area contributed by atoms with Crippen LogP contribution in [0.3, 0.4) is 0 Å². The molecule has 0 unspecified atom stereocenters. The first kappa shape index (κ1) is 28.2. The van der Waals surface area contributed by atoms with E-state index in [0.717, 1.165) is 20.3 Å². The Balaban J connectivity index is 1.52. The van der Waals surface area contributed by atoms with Crippen molar-refractivity contribution in [1.82, 2.24) is 9.21 Å². The fourth-order valence-corrected chi connectivity index (χ4v) is 7.41. The van der Waals surface area contributed by atoms with Gasteiger partial charge >= 0.3 is 0 Å². The number of anilines is 1. The molecule has 0 radical (unpaired) electrons. The summed E-state index contributed by atoms with van der Waals surface area (Å²) in [5.41, 5.74) is 2.32. The molecule has 1 aliphatic rings. The fourth-order valence-electron chi connectivity index (χ4n) is 4.16. The lowest BCUT2D eigenvalue weighted by Gasteiger charge is -2.35. The van der Waals surface area contributed by atoms with E-state index in [9.17, 15) is 21.6 Å². The summed E-state index contributed by atoms with van der Waals surface area (Å²) >= 11 is 1.51. The highest BCUT2D eigenvalue weighted by Crippen LogP contribution is 2.26. The zero-order chi connectivity index (χ0) is 27.5. The Morgan fingerprint density at radius 3 is 1.79 bits per heavy atom. The summed E-state index contributed by atoms with van der Waals surface area (Å²) in [5.74, 6) is -0.387. The molecular weight excluding hydrogens is 543 g/mol. The largest absolute Gasteiger partial charge is 0.338 e. The molecule has 202 valence electrons. The predicted octanol–water partition coefficient (Wildman–Crippen LogP) is 3.75. The summed E-state index contributed by atoms with van der Waals surface area (Å²) in [6, 6.07) is 20.2. The van der Waals surface area contributed by atoms with Gasteiger partial charge in [0.2, 0.25) is 15.9 Å². The van der Waals surface area contributed by atoms with Crippen LogP contribution in [-0.2, 0) is 24.8 Å². The summed E-state index contributed by atoms with van der Waals surface area (Å²) in [6.45, 7) is 4.02. The summed E-state index contributed by atoms with van der Waals surface area (Å²) in [5, 5.41) is 0. The standard InChI is InChI=1S/C27H31N3O5S3/c1-21-4-8-23(9-5-21)30(38(34,35)26-14-10-24(36-3)11-15-26)20-27(31)28-16-18-29(19-17-28)37(32,33)25-12-6-22(2)7-13-25/h4-15H,16-20H2,1-3H3. The molecule has 1 aliphatic heterocycles. The number of benzene rings is 3. The lowest BCUT2D eigenvalue weighted by atomic mass is 10.2. The first-order valence-corrected chi connectivity index (χ1v) is 16.2. The number of hydrogen-bond donors (Lipinski definition) is 0. The summed E-state index contributed by atoms with van der Waals surface area (Å²) in [4.78, 5) is 16.1. The quantitative estimate of drug-likeness (QED) is 0.381. The predicted molar refractivity (Wildman–Crippen MR) is 150 cm³/mol. The normalized spacial score (nSPS) is 14.9. The Kier molecular flexibility index (Phi) is 8.51. The molecule has 1 saturated heterocycles. The maximum Gasteiger partial charge on any atom is 0.264 e. The first-order chi connectivity index (χ1) is 18.0. The van der Waals surface area contributed by atoms with Crippen molar-refractivity contribution in [2.45, 2.75) is 28.5 Å². The minimum atomic E-state index is -4.03. The molecule has 0 N–H and O–H groups in total. The van der Waals surface area contributed by atoms with Crippen LogP contribution in [0.2, 0.25) is 0 Å². The van der Waals surface area contributed by atoms with Crippen LogP contribution < -0.4 is 4.31 Å². The molecule has 0 aromatic heterocycles. The molecule has 38 heavy (non-hydrogen) atoms. The summed E-state index contributed by atoms with van der Waals surface area (Å²) in [7, 11) is -7.70. The molecule has 0 atom stereocenters. The molecule has 0 spiro atoms. The highest BCUT2D eigenvalue weighted by atomic mass is 32.2. The van der Waals surface area contributed by atoms with Crippen LogP contribution in [0.1, 0.15) is 11.1 Å². The molecule has 11 heteroatoms. The molecule has 0 bridgehead atoms. The summed E-state index contributed by atoms with van der Waals surface area (Å²) in [6.07, 6.45) is 1.91. The number of nitrogens with zero attached hydrogens (tertiary/aromatic N) is 3. The van der Waals surface area contributed by atoms with E-state index in [1.165, 1.54) is 21.0 Å². The Labute approximate surface area is 229 Å². The number of rotatable bonds is 8. The zero-order valence-electron chi connectivity index (χ0n) is 21.6. The van der Waals surface area contributed by atoms with Gasteiger partial charge in [-0.25, -0.2) is 16.8 Å². The van der Waals surface area contributed by atoms with Gasteiger partial charge in [0.25, 0.3) is 10.0 Å². The molecule has 3 aromatic rings. The van der Waals surface area contributed by atoms with Gasteiger partial charge in [-0.3, -0.25) is 9.10 Å². The van der Waals surface area contributed by atoms with Crippen LogP contribution in [0.4, 0.5) is 5.69 Å². The zero-order valence-corrected chi connectivity index (χ0v) is 24.0. The van der Waals surface area contributed by atoms with Crippen LogP contribution in [0, 0.1) is 13.8 Å². The van der Waals surface area contributed by atoms with E-state index in [-0.39, 0.29) is 48.4 Å². The van der Waals surface area contributed by atoms with E-state index in [1.54, 1.807) is 72.8 Å². The van der Waals surface area contributed by atoms with E-state index in [4.69, 9.17) is 0 Å². The second-order valence-electron chi connectivity index (χ2n) is 9.12. The highest BCUT2D eigenvalue weighted by Gasteiger charge is 2.33. The molecule has 0 saturated carbocycles. The minimum Gasteiger partial charge on any atom is -0.338 e. The van der Waals surface area contributed by atoms with E-state index >= 15 is 0 Å². The van der Waals surface area contributed by atoms with E-state index in [2.05, 4.69) is 0 Å². The molecular formula is C27H31N3O5S3. The Morgan fingerprint density at radius 2 is 1.26 bits per heavy atom. The van der Waals surface area contributed by atoms with Crippen molar-refractivity contribution in [3.63, 3.8) is 0 Å². The minimum absolute atomic E-state index is 0.0951. The first-order valence-electron chi connectivity index (χ1n) is 12.1. The van der Waals surface area contributed by atoms with E-state index < -0.39 is 20.0 Å². The molecule has 1 fully saturated rings. The number of aryl methyl sites for hydroxylation is 2. The van der Waals surface area contributed by atoms with E-state index in [0.29, 0.717) is 5.69 Å². The average molecular weight is 574 g/mol. The Bertz CT molecular complexity index is 1480. The second kappa shape index (κ2) is 11.5. The van der Waals surface area contributed by atoms with Crippen molar-refractivity contribution in [3.8, 4) is 0 Å². The van der Waals surface area contributed by atoms with Gasteiger partial charge in [0, 0.05) is 31.1 Å². The topological polar surface area (TPSA) is 95.1 Å². The molecule has 1 heterocycles. The van der Waals surface area contributed by atoms with Gasteiger partial charge in [-0.2, -0.15) is 4.31 Å². The van der Waals surface area contributed by atoms with Crippen molar-refractivity contribution < 1.29 is 21.6 Å². The fraction of sp³-hybridized carbons (Fsp3) is 0.296. The van der Waals surface area contributed by atoms with Gasteiger partial charge in [0.15, 0.2) is 0 Å². The molecule has 4 rings (SSSR count). The van der Waals surface area contributed by atoms with Crippen molar-refractivity contribution in [1.29, 1.82) is 0 Å². The van der Waals surface area contributed by atoms with E-state index in [1.807, 2.05) is 20.1 Å². The van der Waals surface area contributed by atoms with Crippen molar-refractivity contribution in [3.05, 3.63) is 83.9 Å². The molecule has 0 aliphatic carbocycles. The number of amides is 1. The lowest BCUT2D eigenvalue weighted by Crippen LogP contribution is -2.53. The van der Waals surface area contributed by atoms with Crippen molar-refractivity contribution >= 4 is 43.4 Å². The monoisotopic (exact) mass is 573 g/mol. The average Bonchev–Trinajstić information content (AvgIpc) is 2.92. The third-order valence-corrected chi connectivity index (χ3v) is 10.9. The van der Waals surface area contributed by atoms with Crippen LogP contribution in [-0.4, -0.2) is 70.9 Å². The third kappa shape index (κ3) is 6.06. The number of carbonyl (C=O) groups excluding carboxylic acids is 1. The maximum atomic E-state index is 13.7. The van der Waals surface area contributed by atoms with Crippen LogP contribution in [0.25, 0.3) is 0 Å². The molecule has 1 amide bonds. The van der Waals surface area contributed by atoms with Gasteiger partial charge in [0.1, 0.15) is 6.54 Å². The highest BCUT2D eigenvalue weighted by molar-refractivity contribution is 7.98. The maximum absolute atomic E-state index is 13.7. The van der Waals surface area contributed by atoms with Crippen LogP contribution >= 0.6 is 11.8 Å². The second-order valence-corrected chi connectivity index (χ2v) is 13.8. The van der Waals surface area contributed by atoms with Gasteiger partial charge in [-0.05, 0) is 68.6 Å². The van der Waals surface area contributed by atoms with Crippen molar-refractivity contribution in [2.75, 3.05) is 43.3 Å². The van der Waals surface area contributed by atoms with Gasteiger partial charge in [0.05, 0.1) is 15.5 Å². The number of thioether (sulfide) groups is 1.